The third-order valence-corrected chi connectivity index (χ3v) is 4.36. The predicted molar refractivity (Wildman–Crippen MR) is 88.2 cm³/mol. The van der Waals surface area contributed by atoms with E-state index in [4.69, 9.17) is 20.8 Å². The van der Waals surface area contributed by atoms with E-state index in [1.54, 1.807) is 12.1 Å². The molecule has 0 spiro atoms. The summed E-state index contributed by atoms with van der Waals surface area (Å²) in [5.41, 5.74) is 0.773. The van der Waals surface area contributed by atoms with E-state index >= 15 is 0 Å². The highest BCUT2D eigenvalue weighted by atomic mass is 35.5. The molecule has 0 bridgehead atoms. The molecule has 0 radical (unpaired) electrons. The van der Waals surface area contributed by atoms with Crippen LogP contribution in [0.15, 0.2) is 27.4 Å². The van der Waals surface area contributed by atoms with Gasteiger partial charge in [0.15, 0.2) is 6.61 Å². The first kappa shape index (κ1) is 15.9. The zero-order chi connectivity index (χ0) is 16.4. The molecule has 1 aromatic carbocycles. The van der Waals surface area contributed by atoms with Crippen LogP contribution in [0, 0.1) is 6.92 Å². The number of halogens is 1. The highest BCUT2D eigenvalue weighted by molar-refractivity contribution is 6.32. The van der Waals surface area contributed by atoms with Crippen molar-refractivity contribution < 1.29 is 13.9 Å². The van der Waals surface area contributed by atoms with Crippen molar-refractivity contribution in [2.45, 2.75) is 26.2 Å². The van der Waals surface area contributed by atoms with E-state index in [-0.39, 0.29) is 12.5 Å². The van der Waals surface area contributed by atoms with E-state index in [1.165, 1.54) is 12.5 Å². The predicted octanol–water partition coefficient (Wildman–Crippen LogP) is 3.15. The van der Waals surface area contributed by atoms with Crippen molar-refractivity contribution in [2.24, 2.45) is 0 Å². The highest BCUT2D eigenvalue weighted by Crippen LogP contribution is 2.31. The summed E-state index contributed by atoms with van der Waals surface area (Å²) in [6.07, 6.45) is 3.26. The lowest BCUT2D eigenvalue weighted by molar-refractivity contribution is -0.134. The number of amides is 1. The molecule has 1 aliphatic heterocycles. The molecule has 1 saturated heterocycles. The molecule has 0 N–H and O–H groups in total. The summed E-state index contributed by atoms with van der Waals surface area (Å²) in [4.78, 5) is 25.4. The fourth-order valence-corrected chi connectivity index (χ4v) is 3.01. The smallest absolute Gasteiger partial charge is 0.336 e. The number of ether oxygens (including phenoxy) is 1. The second-order valence-corrected chi connectivity index (χ2v) is 6.16. The molecule has 5 nitrogen and oxygen atoms in total. The van der Waals surface area contributed by atoms with Crippen molar-refractivity contribution >= 4 is 28.5 Å². The van der Waals surface area contributed by atoms with Crippen LogP contribution in [-0.2, 0) is 4.79 Å². The van der Waals surface area contributed by atoms with Crippen molar-refractivity contribution in [3.63, 3.8) is 0 Å². The fourth-order valence-electron chi connectivity index (χ4n) is 2.80. The van der Waals surface area contributed by atoms with E-state index in [0.29, 0.717) is 16.4 Å². The van der Waals surface area contributed by atoms with Crippen LogP contribution >= 0.6 is 11.6 Å². The summed E-state index contributed by atoms with van der Waals surface area (Å²) in [7, 11) is 0. The number of carbonyl (C=O) groups excluding carboxylic acids is 1. The van der Waals surface area contributed by atoms with Crippen molar-refractivity contribution in [1.82, 2.24) is 4.90 Å². The highest BCUT2D eigenvalue weighted by Gasteiger charge is 2.17. The Labute approximate surface area is 138 Å². The Bertz CT molecular complexity index is 793. The largest absolute Gasteiger partial charge is 0.482 e. The summed E-state index contributed by atoms with van der Waals surface area (Å²) in [5.74, 6) is 0.388. The van der Waals surface area contributed by atoms with Crippen LogP contribution in [0.25, 0.3) is 11.0 Å². The van der Waals surface area contributed by atoms with E-state index < -0.39 is 5.63 Å². The molecule has 0 atom stereocenters. The van der Waals surface area contributed by atoms with Gasteiger partial charge in [0.25, 0.3) is 5.91 Å². The summed E-state index contributed by atoms with van der Waals surface area (Å²) in [5, 5.41) is 1.06. The van der Waals surface area contributed by atoms with E-state index in [9.17, 15) is 9.59 Å². The minimum absolute atomic E-state index is 0.0304. The Kier molecular flexibility index (Phi) is 4.57. The van der Waals surface area contributed by atoms with Gasteiger partial charge in [0.2, 0.25) is 0 Å². The Balaban J connectivity index is 1.78. The SMILES string of the molecule is Cc1cc(=O)oc2cc(Cl)c(OCC(=O)N3CCCCC3)cc12. The maximum Gasteiger partial charge on any atom is 0.336 e. The van der Waals surface area contributed by atoms with Crippen LogP contribution in [0.4, 0.5) is 0 Å². The number of fused-ring (bicyclic) bond motifs is 1. The average Bonchev–Trinajstić information content (AvgIpc) is 2.53. The first-order chi connectivity index (χ1) is 11.0. The summed E-state index contributed by atoms with van der Waals surface area (Å²) >= 11 is 6.17. The summed E-state index contributed by atoms with van der Waals surface area (Å²) in [6, 6.07) is 4.67. The van der Waals surface area contributed by atoms with Gasteiger partial charge in [-0.05, 0) is 37.8 Å². The second-order valence-electron chi connectivity index (χ2n) is 5.76. The molecule has 2 aromatic rings. The molecule has 6 heteroatoms. The lowest BCUT2D eigenvalue weighted by Crippen LogP contribution is -2.38. The molecule has 122 valence electrons. The normalized spacial score (nSPS) is 15.0. The molecular formula is C17H18ClNO4. The number of rotatable bonds is 3. The Morgan fingerprint density at radius 1 is 1.26 bits per heavy atom. The quantitative estimate of drug-likeness (QED) is 0.808. The summed E-state index contributed by atoms with van der Waals surface area (Å²) in [6.45, 7) is 3.35. The van der Waals surface area contributed by atoms with E-state index in [2.05, 4.69) is 0 Å². The molecule has 1 aliphatic rings. The molecule has 0 saturated carbocycles. The van der Waals surface area contributed by atoms with Gasteiger partial charge >= 0.3 is 5.63 Å². The third-order valence-electron chi connectivity index (χ3n) is 4.06. The van der Waals surface area contributed by atoms with Gasteiger partial charge in [-0.25, -0.2) is 4.79 Å². The maximum absolute atomic E-state index is 12.2. The molecule has 2 heterocycles. The number of benzene rings is 1. The molecule has 0 aliphatic carbocycles. The van der Waals surface area contributed by atoms with Crippen LogP contribution in [0.1, 0.15) is 24.8 Å². The number of piperidine rings is 1. The lowest BCUT2D eigenvalue weighted by atomic mass is 10.1. The molecule has 1 fully saturated rings. The number of hydrogen-bond donors (Lipinski definition) is 0. The minimum atomic E-state index is -0.417. The van der Waals surface area contributed by atoms with Crippen LogP contribution in [0.3, 0.4) is 0 Å². The van der Waals surface area contributed by atoms with Crippen molar-refractivity contribution in [3.05, 3.63) is 39.2 Å². The Hall–Kier alpha value is -2.01. The van der Waals surface area contributed by atoms with Crippen LogP contribution in [0.2, 0.25) is 5.02 Å². The number of carbonyl (C=O) groups is 1. The number of likely N-dealkylation sites (tertiary alicyclic amines) is 1. The number of hydrogen-bond acceptors (Lipinski definition) is 4. The molecule has 3 rings (SSSR count). The first-order valence-corrected chi connectivity index (χ1v) is 8.07. The monoisotopic (exact) mass is 335 g/mol. The van der Waals surface area contributed by atoms with Crippen LogP contribution in [0.5, 0.6) is 5.75 Å². The topological polar surface area (TPSA) is 59.8 Å². The van der Waals surface area contributed by atoms with Gasteiger partial charge in [0, 0.05) is 30.6 Å². The minimum Gasteiger partial charge on any atom is -0.482 e. The molecular weight excluding hydrogens is 318 g/mol. The summed E-state index contributed by atoms with van der Waals surface area (Å²) < 4.78 is 10.7. The van der Waals surface area contributed by atoms with Crippen LogP contribution in [-0.4, -0.2) is 30.5 Å². The first-order valence-electron chi connectivity index (χ1n) is 7.69. The van der Waals surface area contributed by atoms with Gasteiger partial charge in [0.05, 0.1) is 5.02 Å². The van der Waals surface area contributed by atoms with Gasteiger partial charge in [-0.15, -0.1) is 0 Å². The van der Waals surface area contributed by atoms with E-state index in [0.717, 1.165) is 36.9 Å². The zero-order valence-corrected chi connectivity index (χ0v) is 13.7. The number of nitrogens with zero attached hydrogens (tertiary/aromatic N) is 1. The van der Waals surface area contributed by atoms with Gasteiger partial charge in [0.1, 0.15) is 11.3 Å². The van der Waals surface area contributed by atoms with Gasteiger partial charge in [-0.3, -0.25) is 4.79 Å². The maximum atomic E-state index is 12.2. The van der Waals surface area contributed by atoms with Gasteiger partial charge in [-0.1, -0.05) is 11.6 Å². The molecule has 1 amide bonds. The van der Waals surface area contributed by atoms with E-state index in [1.807, 2.05) is 11.8 Å². The molecule has 23 heavy (non-hydrogen) atoms. The van der Waals surface area contributed by atoms with Crippen molar-refractivity contribution in [1.29, 1.82) is 0 Å². The van der Waals surface area contributed by atoms with Gasteiger partial charge < -0.3 is 14.1 Å². The Morgan fingerprint density at radius 2 is 2.00 bits per heavy atom. The third kappa shape index (κ3) is 3.50. The van der Waals surface area contributed by atoms with Crippen molar-refractivity contribution in [2.75, 3.05) is 19.7 Å². The average molecular weight is 336 g/mol. The molecule has 0 unspecified atom stereocenters. The standard InChI is InChI=1S/C17H18ClNO4/c1-11-7-17(21)23-14-9-13(18)15(8-12(11)14)22-10-16(20)19-5-3-2-4-6-19/h7-9H,2-6,10H2,1H3. The zero-order valence-electron chi connectivity index (χ0n) is 12.9. The fraction of sp³-hybridized carbons (Fsp3) is 0.412. The molecule has 1 aromatic heterocycles. The Morgan fingerprint density at radius 3 is 2.74 bits per heavy atom. The lowest BCUT2D eigenvalue weighted by Gasteiger charge is -2.26. The second kappa shape index (κ2) is 6.62. The van der Waals surface area contributed by atoms with Crippen molar-refractivity contribution in [3.8, 4) is 5.75 Å². The van der Waals surface area contributed by atoms with Gasteiger partial charge in [-0.2, -0.15) is 0 Å². The van der Waals surface area contributed by atoms with Crippen LogP contribution < -0.4 is 10.4 Å². The number of aryl methyl sites for hydroxylation is 1.